The number of hydrogen-bond acceptors (Lipinski definition) is 4. The molecule has 0 atom stereocenters. The molecule has 0 saturated heterocycles. The first-order valence-corrected chi connectivity index (χ1v) is 11.0. The molecule has 2 aliphatic rings. The molecule has 1 aliphatic carbocycles. The Morgan fingerprint density at radius 1 is 1.20 bits per heavy atom. The number of carbonyl (C=O) groups excluding carboxylic acids is 2. The predicted octanol–water partition coefficient (Wildman–Crippen LogP) is 3.90. The zero-order valence-electron chi connectivity index (χ0n) is 17.6. The standard InChI is InChI=1S/C22H27BrN4O3/c1-21(2,3)30-20(29)26-10-11-27-18(14-26)17(13-24-27)19(28)25-22(8-9-22)12-15-4-6-16(23)7-5-15/h4-7,13H,8-12,14H2,1-3H3,(H,25,28). The van der Waals surface area contributed by atoms with Crippen LogP contribution in [0.5, 0.6) is 0 Å². The van der Waals surface area contributed by atoms with Gasteiger partial charge in [-0.1, -0.05) is 28.1 Å². The van der Waals surface area contributed by atoms with E-state index >= 15 is 0 Å². The lowest BCUT2D eigenvalue weighted by Crippen LogP contribution is -2.43. The van der Waals surface area contributed by atoms with Gasteiger partial charge in [0.15, 0.2) is 0 Å². The van der Waals surface area contributed by atoms with Crippen LogP contribution >= 0.6 is 15.9 Å². The van der Waals surface area contributed by atoms with E-state index < -0.39 is 5.60 Å². The molecule has 8 heteroatoms. The molecule has 160 valence electrons. The Bertz CT molecular complexity index is 958. The third-order valence-corrected chi connectivity index (χ3v) is 5.98. The van der Waals surface area contributed by atoms with Gasteiger partial charge in [0.25, 0.3) is 5.91 Å². The second-order valence-corrected chi connectivity index (χ2v) is 10.1. The number of rotatable bonds is 4. The van der Waals surface area contributed by atoms with E-state index in [4.69, 9.17) is 4.74 Å². The zero-order valence-corrected chi connectivity index (χ0v) is 19.2. The highest BCUT2D eigenvalue weighted by Gasteiger charge is 2.44. The van der Waals surface area contributed by atoms with Crippen molar-refractivity contribution >= 4 is 27.9 Å². The molecule has 1 saturated carbocycles. The zero-order chi connectivity index (χ0) is 21.5. The molecule has 1 aromatic carbocycles. The summed E-state index contributed by atoms with van der Waals surface area (Å²) >= 11 is 3.46. The first kappa shape index (κ1) is 20.9. The summed E-state index contributed by atoms with van der Waals surface area (Å²) in [7, 11) is 0. The van der Waals surface area contributed by atoms with Crippen LogP contribution < -0.4 is 5.32 Å². The van der Waals surface area contributed by atoms with E-state index in [9.17, 15) is 9.59 Å². The lowest BCUT2D eigenvalue weighted by Gasteiger charge is -2.30. The van der Waals surface area contributed by atoms with E-state index in [2.05, 4.69) is 38.5 Å². The van der Waals surface area contributed by atoms with E-state index in [1.807, 2.05) is 37.6 Å². The van der Waals surface area contributed by atoms with Crippen LogP contribution in [0.15, 0.2) is 34.9 Å². The maximum atomic E-state index is 13.1. The first-order valence-electron chi connectivity index (χ1n) is 10.2. The van der Waals surface area contributed by atoms with Crippen molar-refractivity contribution in [2.75, 3.05) is 6.54 Å². The quantitative estimate of drug-likeness (QED) is 0.728. The number of fused-ring (bicyclic) bond motifs is 1. The predicted molar refractivity (Wildman–Crippen MR) is 116 cm³/mol. The number of halogens is 1. The average molecular weight is 475 g/mol. The van der Waals surface area contributed by atoms with Gasteiger partial charge in [-0.15, -0.1) is 0 Å². The van der Waals surface area contributed by atoms with Crippen molar-refractivity contribution in [2.24, 2.45) is 0 Å². The average Bonchev–Trinajstić information content (AvgIpc) is 3.27. The smallest absolute Gasteiger partial charge is 0.410 e. The number of hydrogen-bond donors (Lipinski definition) is 1. The molecule has 0 bridgehead atoms. The Morgan fingerprint density at radius 3 is 2.53 bits per heavy atom. The van der Waals surface area contributed by atoms with Crippen molar-refractivity contribution in [3.63, 3.8) is 0 Å². The summed E-state index contributed by atoms with van der Waals surface area (Å²) in [6, 6.07) is 8.20. The summed E-state index contributed by atoms with van der Waals surface area (Å²) in [5.74, 6) is -0.128. The van der Waals surface area contributed by atoms with E-state index in [0.29, 0.717) is 25.2 Å². The van der Waals surface area contributed by atoms with Gasteiger partial charge in [0.2, 0.25) is 0 Å². The minimum atomic E-state index is -0.555. The Balaban J connectivity index is 1.44. The fourth-order valence-corrected chi connectivity index (χ4v) is 3.98. The van der Waals surface area contributed by atoms with Crippen LogP contribution in [0.3, 0.4) is 0 Å². The van der Waals surface area contributed by atoms with Crippen LogP contribution in [-0.2, 0) is 24.2 Å². The van der Waals surface area contributed by atoms with Gasteiger partial charge in [0.05, 0.1) is 30.5 Å². The molecule has 1 aromatic heterocycles. The van der Waals surface area contributed by atoms with Crippen molar-refractivity contribution in [3.8, 4) is 0 Å². The lowest BCUT2D eigenvalue weighted by molar-refractivity contribution is 0.0193. The molecular weight excluding hydrogens is 448 g/mol. The molecular formula is C22H27BrN4O3. The third-order valence-electron chi connectivity index (χ3n) is 5.46. The number of amides is 2. The highest BCUT2D eigenvalue weighted by atomic mass is 79.9. The molecule has 1 aliphatic heterocycles. The number of ether oxygens (including phenoxy) is 1. The molecule has 1 fully saturated rings. The Kier molecular flexibility index (Phi) is 5.38. The molecule has 2 heterocycles. The van der Waals surface area contributed by atoms with Gasteiger partial charge < -0.3 is 15.0 Å². The summed E-state index contributed by atoms with van der Waals surface area (Å²) in [4.78, 5) is 27.2. The fraction of sp³-hybridized carbons (Fsp3) is 0.500. The number of nitrogens with one attached hydrogen (secondary N) is 1. The van der Waals surface area contributed by atoms with Crippen LogP contribution in [0.2, 0.25) is 0 Å². The molecule has 0 unspecified atom stereocenters. The van der Waals surface area contributed by atoms with E-state index in [0.717, 1.165) is 29.4 Å². The Morgan fingerprint density at radius 2 is 1.90 bits per heavy atom. The van der Waals surface area contributed by atoms with Gasteiger partial charge in [0.1, 0.15) is 5.60 Å². The Hall–Kier alpha value is -2.35. The maximum absolute atomic E-state index is 13.1. The van der Waals surface area contributed by atoms with Gasteiger partial charge in [-0.3, -0.25) is 9.48 Å². The van der Waals surface area contributed by atoms with E-state index in [1.165, 1.54) is 5.56 Å². The minimum absolute atomic E-state index is 0.128. The molecule has 30 heavy (non-hydrogen) atoms. The molecule has 4 rings (SSSR count). The summed E-state index contributed by atoms with van der Waals surface area (Å²) in [6.07, 6.45) is 3.97. The van der Waals surface area contributed by atoms with Crippen molar-refractivity contribution in [1.82, 2.24) is 20.0 Å². The lowest BCUT2D eigenvalue weighted by atomic mass is 10.0. The second kappa shape index (κ2) is 7.72. The topological polar surface area (TPSA) is 76.5 Å². The van der Waals surface area contributed by atoms with E-state index in [1.54, 1.807) is 11.1 Å². The summed E-state index contributed by atoms with van der Waals surface area (Å²) in [5, 5.41) is 7.59. The number of aromatic nitrogens is 2. The molecule has 0 spiro atoms. The highest BCUT2D eigenvalue weighted by Crippen LogP contribution is 2.39. The molecule has 2 aromatic rings. The molecule has 2 amide bonds. The van der Waals surface area contributed by atoms with Crippen molar-refractivity contribution < 1.29 is 14.3 Å². The van der Waals surface area contributed by atoms with Crippen LogP contribution in [0.4, 0.5) is 4.79 Å². The van der Waals surface area contributed by atoms with E-state index in [-0.39, 0.29) is 17.5 Å². The highest BCUT2D eigenvalue weighted by molar-refractivity contribution is 9.10. The number of nitrogens with zero attached hydrogens (tertiary/aromatic N) is 3. The summed E-state index contributed by atoms with van der Waals surface area (Å²) in [5.41, 5.74) is 1.73. The van der Waals surface area contributed by atoms with Crippen LogP contribution in [0, 0.1) is 0 Å². The van der Waals surface area contributed by atoms with Crippen molar-refractivity contribution in [1.29, 1.82) is 0 Å². The second-order valence-electron chi connectivity index (χ2n) is 9.17. The monoisotopic (exact) mass is 474 g/mol. The van der Waals surface area contributed by atoms with Gasteiger partial charge in [-0.2, -0.15) is 5.10 Å². The summed E-state index contributed by atoms with van der Waals surface area (Å²) < 4.78 is 8.34. The number of benzene rings is 1. The van der Waals surface area contributed by atoms with Gasteiger partial charge >= 0.3 is 6.09 Å². The first-order chi connectivity index (χ1) is 14.1. The van der Waals surface area contributed by atoms with Crippen LogP contribution in [0.25, 0.3) is 0 Å². The van der Waals surface area contributed by atoms with Gasteiger partial charge in [0, 0.05) is 16.6 Å². The molecule has 0 radical (unpaired) electrons. The van der Waals surface area contributed by atoms with Crippen molar-refractivity contribution in [2.45, 2.75) is 64.3 Å². The molecule has 1 N–H and O–H groups in total. The van der Waals surface area contributed by atoms with Gasteiger partial charge in [-0.05, 0) is 57.7 Å². The third kappa shape index (κ3) is 4.69. The van der Waals surface area contributed by atoms with Gasteiger partial charge in [-0.25, -0.2) is 4.79 Å². The van der Waals surface area contributed by atoms with Crippen LogP contribution in [-0.4, -0.2) is 44.4 Å². The Labute approximate surface area is 184 Å². The maximum Gasteiger partial charge on any atom is 0.410 e. The number of carbonyl (C=O) groups is 2. The largest absolute Gasteiger partial charge is 0.444 e. The molecule has 7 nitrogen and oxygen atoms in total. The van der Waals surface area contributed by atoms with Crippen LogP contribution in [0.1, 0.15) is 55.2 Å². The fourth-order valence-electron chi connectivity index (χ4n) is 3.72. The van der Waals surface area contributed by atoms with Crippen molar-refractivity contribution in [3.05, 3.63) is 51.8 Å². The summed E-state index contributed by atoms with van der Waals surface area (Å²) in [6.45, 7) is 6.91. The SMILES string of the molecule is CC(C)(C)OC(=O)N1CCn2ncc(C(=O)NC3(Cc4ccc(Br)cc4)CC3)c2C1. The minimum Gasteiger partial charge on any atom is -0.444 e. The normalized spacial score (nSPS) is 17.3.